The Morgan fingerprint density at radius 2 is 0.947 bits per heavy atom. The third-order valence-electron chi connectivity index (χ3n) is 17.2. The number of alkyl halides is 3. The number of ketones is 3. The predicted molar refractivity (Wildman–Crippen MR) is 404 cm³/mol. The van der Waals surface area contributed by atoms with Gasteiger partial charge in [-0.2, -0.15) is 13.2 Å². The number of benzene rings is 5. The van der Waals surface area contributed by atoms with Crippen LogP contribution >= 0.6 is 0 Å². The van der Waals surface area contributed by atoms with Gasteiger partial charge in [-0.05, 0) is 229 Å². The number of H-pyrrole nitrogens is 2. The van der Waals surface area contributed by atoms with Crippen molar-refractivity contribution in [3.8, 4) is 0 Å². The average Bonchev–Trinajstić information content (AvgIpc) is 1.67. The molecule has 2 N–H and O–H groups in total. The second-order valence-electron chi connectivity index (χ2n) is 28.1. The summed E-state index contributed by atoms with van der Waals surface area (Å²) in [7, 11) is 2.03. The number of hydrogen-bond acceptors (Lipinski definition) is 3. The molecule has 3 heterocycles. The number of aromatic nitrogens is 3. The highest BCUT2D eigenvalue weighted by molar-refractivity contribution is 5.97. The fourth-order valence-electron chi connectivity index (χ4n) is 12.3. The minimum absolute atomic E-state index is 0.0992. The van der Waals surface area contributed by atoms with Crippen molar-refractivity contribution >= 4 is 17.3 Å². The lowest BCUT2D eigenvalue weighted by atomic mass is 9.94. The van der Waals surface area contributed by atoms with Crippen molar-refractivity contribution in [1.29, 1.82) is 0 Å². The summed E-state index contributed by atoms with van der Waals surface area (Å²) in [5, 5.41) is 0. The molecule has 0 amide bonds. The molecule has 0 unspecified atom stereocenters. The van der Waals surface area contributed by atoms with Gasteiger partial charge in [-0.3, -0.25) is 14.4 Å². The molecule has 6 nitrogen and oxygen atoms in total. The topological polar surface area (TPSA) is 87.7 Å². The lowest BCUT2D eigenvalue weighted by Gasteiger charge is -2.14. The van der Waals surface area contributed by atoms with Crippen LogP contribution in [-0.2, 0) is 19.6 Å². The van der Waals surface area contributed by atoms with E-state index >= 15 is 0 Å². The van der Waals surface area contributed by atoms with Crippen LogP contribution in [0.2, 0.25) is 0 Å². The number of rotatable bonds is 12. The molecule has 0 aliphatic rings. The van der Waals surface area contributed by atoms with E-state index in [4.69, 9.17) is 0 Å². The van der Waals surface area contributed by atoms with Crippen molar-refractivity contribution in [2.75, 3.05) is 0 Å². The van der Waals surface area contributed by atoms with Crippen LogP contribution in [0.25, 0.3) is 0 Å². The van der Waals surface area contributed by atoms with E-state index in [1.807, 2.05) is 63.4 Å². The van der Waals surface area contributed by atoms with Gasteiger partial charge in [0.05, 0.1) is 5.56 Å². The normalized spacial score (nSPS) is 10.9. The zero-order valence-corrected chi connectivity index (χ0v) is 64.6. The first-order valence-corrected chi connectivity index (χ1v) is 34.5. The Balaban J connectivity index is 0.000000544. The minimum atomic E-state index is -4.24. The summed E-state index contributed by atoms with van der Waals surface area (Å²) in [5.74, 6) is 4.36. The minimum Gasteiger partial charge on any atom is -0.362 e. The van der Waals surface area contributed by atoms with Gasteiger partial charge in [-0.15, -0.1) is 0 Å². The molecule has 0 aliphatic heterocycles. The third-order valence-corrected chi connectivity index (χ3v) is 17.2. The molecule has 8 rings (SSSR count). The van der Waals surface area contributed by atoms with E-state index in [0.717, 1.165) is 40.4 Å². The lowest BCUT2D eigenvalue weighted by molar-refractivity contribution is -0.138. The van der Waals surface area contributed by atoms with Crippen LogP contribution in [0.1, 0.15) is 329 Å². The van der Waals surface area contributed by atoms with Gasteiger partial charge >= 0.3 is 6.18 Å². The van der Waals surface area contributed by atoms with E-state index in [1.54, 1.807) is 40.7 Å². The highest BCUT2D eigenvalue weighted by Gasteiger charge is 2.33. The predicted octanol–water partition coefficient (Wildman–Crippen LogP) is 25.7. The van der Waals surface area contributed by atoms with Gasteiger partial charge in [0.2, 0.25) is 0 Å². The Hall–Kier alpha value is -7.26. The van der Waals surface area contributed by atoms with Crippen LogP contribution in [0.5, 0.6) is 0 Å². The lowest BCUT2D eigenvalue weighted by Crippen LogP contribution is -2.09. The van der Waals surface area contributed by atoms with Crippen molar-refractivity contribution in [1.82, 2.24) is 14.5 Å². The van der Waals surface area contributed by atoms with Crippen LogP contribution < -0.4 is 0 Å². The Morgan fingerprint density at radius 1 is 0.442 bits per heavy atom. The number of halogens is 3. The van der Waals surface area contributed by atoms with Gasteiger partial charge < -0.3 is 14.5 Å². The molecule has 0 spiro atoms. The summed E-state index contributed by atoms with van der Waals surface area (Å²) in [6, 6.07) is 36.6. The van der Waals surface area contributed by atoms with E-state index < -0.39 is 11.7 Å². The molecular weight excluding hydrogens is 1180 g/mol. The quantitative estimate of drug-likeness (QED) is 0.120. The maximum atomic E-state index is 12.4. The molecule has 0 aliphatic carbocycles. The number of aromatic amines is 2. The first kappa shape index (κ1) is 85.8. The maximum absolute atomic E-state index is 12.4. The molecule has 0 radical (unpaired) electrons. The van der Waals surface area contributed by atoms with Crippen molar-refractivity contribution in [3.63, 3.8) is 0 Å². The van der Waals surface area contributed by atoms with E-state index in [0.29, 0.717) is 47.0 Å². The summed E-state index contributed by atoms with van der Waals surface area (Å²) < 4.78 is 39.4. The van der Waals surface area contributed by atoms with Crippen molar-refractivity contribution in [2.24, 2.45) is 7.05 Å². The molecule has 9 heteroatoms. The van der Waals surface area contributed by atoms with E-state index in [9.17, 15) is 27.6 Å². The number of carbonyl (C=O) groups excluding carboxylic acids is 3. The van der Waals surface area contributed by atoms with Gasteiger partial charge in [-0.25, -0.2) is 0 Å². The second-order valence-corrected chi connectivity index (χ2v) is 28.1. The standard InChI is InChI=1S/C12H19NO.C11H19N.2C11H14O.2C11H16.C10H11F3.C9H15N/c1-7(2)12-8(3)11(10(5)14)9(4)13(12)6;1-6-10-8(4)11(7(2)3)12-9(10)5;1-8(2)10-4-6-11(7-5-10)9(3)12;1-8(2)10-5-4-6-11(7-10)9(3)12;1-8(2)11-6-5-9(3)7-10(11)4;1-8(2)11-9(3)6-5-7-10(11)4;1-7(2)8-5-3-4-6-9(8)10(11,12)13;1-6(2)9-7(3)5-8(4)10-9/h7H,1-6H3;7,12H,6H2,1-5H3;2*4-8H,1-3H3;2*5-8H,1-4H3;3-7H,1-2H3;5-6,10H,1-4H3. The molecule has 0 saturated heterocycles. The first-order valence-electron chi connectivity index (χ1n) is 34.5. The zero-order chi connectivity index (χ0) is 73.3. The summed E-state index contributed by atoms with van der Waals surface area (Å²) in [6.07, 6.45) is -3.10. The molecule has 0 atom stereocenters. The maximum Gasteiger partial charge on any atom is 0.416 e. The molecule has 95 heavy (non-hydrogen) atoms. The zero-order valence-electron chi connectivity index (χ0n) is 64.6. The molecule has 5 aromatic carbocycles. The summed E-state index contributed by atoms with van der Waals surface area (Å²) in [5.41, 5.74) is 26.6. The van der Waals surface area contributed by atoms with Crippen LogP contribution in [0, 0.1) is 69.2 Å². The highest BCUT2D eigenvalue weighted by atomic mass is 19.4. The number of Topliss-reactive ketones (excluding diaryl/α,β-unsaturated/α-hetero) is 3. The Kier molecular flexibility index (Phi) is 36.4. The average molecular weight is 1300 g/mol. The SMILES string of the molecule is CC(=O)c1c(C)c(C(C)C)n(C)c1C.CC(=O)c1ccc(C(C)C)cc1.CC(=O)c1cccc(C(C)C)c1.CC(C)c1ccccc1C(F)(F)F.CCc1c(C)[nH]c(C(C)C)c1C.Cc1cc(C)c(C(C)C)[nH]1.Cc1ccc(C(C)C)c(C)c1.Cc1cccc(C)c1C(C)C. The molecule has 0 bridgehead atoms. The summed E-state index contributed by atoms with van der Waals surface area (Å²) >= 11 is 0. The van der Waals surface area contributed by atoms with Crippen molar-refractivity contribution in [2.45, 2.75) is 268 Å². The largest absolute Gasteiger partial charge is 0.416 e. The van der Waals surface area contributed by atoms with Gasteiger partial charge in [-0.1, -0.05) is 220 Å². The number of hydrogen-bond donors (Lipinski definition) is 2. The van der Waals surface area contributed by atoms with E-state index in [2.05, 4.69) is 222 Å². The molecule has 0 fully saturated rings. The fourth-order valence-corrected chi connectivity index (χ4v) is 12.3. The van der Waals surface area contributed by atoms with Crippen molar-refractivity contribution in [3.05, 3.63) is 244 Å². The number of aryl methyl sites for hydroxylation is 7. The van der Waals surface area contributed by atoms with Crippen LogP contribution in [-0.4, -0.2) is 31.9 Å². The second kappa shape index (κ2) is 40.3. The highest BCUT2D eigenvalue weighted by Crippen LogP contribution is 2.35. The number of nitrogens with zero attached hydrogens (tertiary/aromatic N) is 1. The van der Waals surface area contributed by atoms with E-state index in [-0.39, 0.29) is 23.3 Å². The number of carbonyl (C=O) groups is 3. The Morgan fingerprint density at radius 3 is 1.27 bits per heavy atom. The van der Waals surface area contributed by atoms with Gasteiger partial charge in [0.15, 0.2) is 17.3 Å². The van der Waals surface area contributed by atoms with Gasteiger partial charge in [0.25, 0.3) is 0 Å². The first-order chi connectivity index (χ1) is 43.9. The smallest absolute Gasteiger partial charge is 0.362 e. The van der Waals surface area contributed by atoms with Crippen LogP contribution in [0.3, 0.4) is 0 Å². The third kappa shape index (κ3) is 27.4. The van der Waals surface area contributed by atoms with Crippen molar-refractivity contribution < 1.29 is 27.6 Å². The fraction of sp³-hybridized carbons (Fsp3) is 0.477. The van der Waals surface area contributed by atoms with Crippen LogP contribution in [0.15, 0.2) is 115 Å². The van der Waals surface area contributed by atoms with Crippen LogP contribution in [0.4, 0.5) is 13.2 Å². The van der Waals surface area contributed by atoms with E-state index in [1.165, 1.54) is 102 Å². The Bertz CT molecular complexity index is 3620. The number of nitrogens with one attached hydrogen (secondary N) is 2. The summed E-state index contributed by atoms with van der Waals surface area (Å²) in [6.45, 7) is 62.6. The van der Waals surface area contributed by atoms with Gasteiger partial charge in [0, 0.05) is 57.9 Å². The Labute approximate surface area is 575 Å². The molecule has 8 aromatic rings. The molecule has 0 saturated carbocycles. The molecular formula is C86H124F3N3O3. The van der Waals surface area contributed by atoms with Gasteiger partial charge in [0.1, 0.15) is 0 Å². The molecule has 522 valence electrons. The molecule has 3 aromatic heterocycles. The summed E-state index contributed by atoms with van der Waals surface area (Å²) in [4.78, 5) is 40.2. The monoisotopic (exact) mass is 1300 g/mol.